The molecule has 1 amide bonds. The van der Waals surface area contributed by atoms with Crippen molar-refractivity contribution in [2.24, 2.45) is 4.99 Å². The molecule has 4 rings (SSSR count). The van der Waals surface area contributed by atoms with Gasteiger partial charge in [-0.1, -0.05) is 35.9 Å². The van der Waals surface area contributed by atoms with Crippen molar-refractivity contribution in [2.45, 2.75) is 13.5 Å². The van der Waals surface area contributed by atoms with Gasteiger partial charge in [0.2, 0.25) is 0 Å². The van der Waals surface area contributed by atoms with Gasteiger partial charge in [-0.25, -0.2) is 9.38 Å². The van der Waals surface area contributed by atoms with Crippen LogP contribution < -0.4 is 14.8 Å². The summed E-state index contributed by atoms with van der Waals surface area (Å²) < 4.78 is 26.1. The zero-order chi connectivity index (χ0) is 23.4. The van der Waals surface area contributed by atoms with Gasteiger partial charge in [-0.05, 0) is 83.2 Å². The highest BCUT2D eigenvalue weighted by atomic mass is 127. The van der Waals surface area contributed by atoms with Gasteiger partial charge in [-0.3, -0.25) is 4.79 Å². The van der Waals surface area contributed by atoms with Crippen LogP contribution in [0.1, 0.15) is 16.7 Å². The van der Waals surface area contributed by atoms with E-state index in [1.165, 1.54) is 17.8 Å². The zero-order valence-electron chi connectivity index (χ0n) is 17.9. The summed E-state index contributed by atoms with van der Waals surface area (Å²) in [5.41, 5.74) is 3.16. The van der Waals surface area contributed by atoms with Crippen LogP contribution in [-0.4, -0.2) is 18.2 Å². The van der Waals surface area contributed by atoms with Gasteiger partial charge in [0.05, 0.1) is 21.3 Å². The Balaban J connectivity index is 1.54. The van der Waals surface area contributed by atoms with Crippen molar-refractivity contribution in [2.75, 3.05) is 7.11 Å². The second kappa shape index (κ2) is 10.4. The molecule has 0 unspecified atom stereocenters. The number of hydrogen-bond acceptors (Lipinski definition) is 5. The number of amidine groups is 1. The van der Waals surface area contributed by atoms with Crippen LogP contribution in [0.2, 0.25) is 0 Å². The molecule has 0 aromatic heterocycles. The molecule has 3 aromatic rings. The Morgan fingerprint density at radius 2 is 1.91 bits per heavy atom. The van der Waals surface area contributed by atoms with Crippen molar-refractivity contribution in [3.05, 3.63) is 91.6 Å². The summed E-state index contributed by atoms with van der Waals surface area (Å²) in [6, 6.07) is 17.9. The van der Waals surface area contributed by atoms with Crippen LogP contribution in [0.5, 0.6) is 11.5 Å². The minimum atomic E-state index is -0.319. The molecular weight excluding hydrogens is 554 g/mol. The molecule has 0 spiro atoms. The van der Waals surface area contributed by atoms with E-state index < -0.39 is 0 Å². The number of benzene rings is 3. The second-order valence-electron chi connectivity index (χ2n) is 7.23. The Morgan fingerprint density at radius 3 is 2.64 bits per heavy atom. The minimum absolute atomic E-state index is 0.0799. The molecule has 1 heterocycles. The van der Waals surface area contributed by atoms with Gasteiger partial charge >= 0.3 is 0 Å². The van der Waals surface area contributed by atoms with E-state index in [0.717, 1.165) is 20.4 Å². The van der Waals surface area contributed by atoms with Crippen LogP contribution in [0.4, 0.5) is 10.1 Å². The highest BCUT2D eigenvalue weighted by Crippen LogP contribution is 2.36. The third-order valence-electron chi connectivity index (χ3n) is 4.79. The molecule has 0 atom stereocenters. The van der Waals surface area contributed by atoms with Gasteiger partial charge in [0, 0.05) is 5.56 Å². The fourth-order valence-corrected chi connectivity index (χ4v) is 4.72. The first kappa shape index (κ1) is 23.3. The second-order valence-corrected chi connectivity index (χ2v) is 9.42. The Kier molecular flexibility index (Phi) is 7.34. The first-order chi connectivity index (χ1) is 15.9. The molecule has 0 aliphatic carbocycles. The molecule has 1 fully saturated rings. The molecule has 3 aromatic carbocycles. The van der Waals surface area contributed by atoms with Gasteiger partial charge in [0.25, 0.3) is 5.91 Å². The third-order valence-corrected chi connectivity index (χ3v) is 6.51. The summed E-state index contributed by atoms with van der Waals surface area (Å²) in [7, 11) is 1.54. The molecule has 0 bridgehead atoms. The van der Waals surface area contributed by atoms with Crippen molar-refractivity contribution in [1.29, 1.82) is 0 Å². The van der Waals surface area contributed by atoms with E-state index in [2.05, 4.69) is 32.9 Å². The highest BCUT2D eigenvalue weighted by Gasteiger charge is 2.24. The molecule has 0 radical (unpaired) electrons. The number of nitrogens with one attached hydrogen (secondary N) is 1. The van der Waals surface area contributed by atoms with Crippen LogP contribution in [0.25, 0.3) is 6.08 Å². The zero-order valence-corrected chi connectivity index (χ0v) is 20.9. The summed E-state index contributed by atoms with van der Waals surface area (Å²) in [5, 5.41) is 3.33. The summed E-state index contributed by atoms with van der Waals surface area (Å²) in [4.78, 5) is 17.5. The smallest absolute Gasteiger partial charge is 0.264 e. The lowest BCUT2D eigenvalue weighted by atomic mass is 10.1. The first-order valence-corrected chi connectivity index (χ1v) is 11.9. The Hall–Kier alpha value is -2.85. The van der Waals surface area contributed by atoms with E-state index >= 15 is 0 Å². The Morgan fingerprint density at radius 1 is 1.15 bits per heavy atom. The fraction of sp³-hybridized carbons (Fsp3) is 0.120. The van der Waals surface area contributed by atoms with Gasteiger partial charge in [0.15, 0.2) is 16.7 Å². The SMILES string of the molecule is COc1cc(/C=C2\SC(=Nc3ccc(C)cc3)NC2=O)cc(I)c1OCc1ccccc1F. The van der Waals surface area contributed by atoms with Crippen molar-refractivity contribution >= 4 is 57.2 Å². The maximum absolute atomic E-state index is 13.9. The van der Waals surface area contributed by atoms with E-state index in [4.69, 9.17) is 9.47 Å². The molecule has 5 nitrogen and oxygen atoms in total. The molecule has 8 heteroatoms. The number of thioether (sulfide) groups is 1. The summed E-state index contributed by atoms with van der Waals surface area (Å²) in [5.74, 6) is 0.496. The minimum Gasteiger partial charge on any atom is -0.493 e. The molecule has 1 aliphatic heterocycles. The molecule has 168 valence electrons. The average Bonchev–Trinajstić information content (AvgIpc) is 3.13. The predicted octanol–water partition coefficient (Wildman–Crippen LogP) is 6.22. The number of carbonyl (C=O) groups excluding carboxylic acids is 1. The van der Waals surface area contributed by atoms with Crippen LogP contribution in [0.15, 0.2) is 70.6 Å². The van der Waals surface area contributed by atoms with E-state index in [0.29, 0.717) is 27.1 Å². The number of rotatable bonds is 6. The topological polar surface area (TPSA) is 59.9 Å². The predicted molar refractivity (Wildman–Crippen MR) is 138 cm³/mol. The van der Waals surface area contributed by atoms with Crippen LogP contribution in [0, 0.1) is 16.3 Å². The third kappa shape index (κ3) is 5.75. The summed E-state index contributed by atoms with van der Waals surface area (Å²) in [6.07, 6.45) is 1.78. The van der Waals surface area contributed by atoms with Gasteiger partial charge in [0.1, 0.15) is 12.4 Å². The molecule has 1 N–H and O–H groups in total. The maximum atomic E-state index is 13.9. The number of halogens is 2. The fourth-order valence-electron chi connectivity index (χ4n) is 3.10. The standard InChI is InChI=1S/C25H20FIN2O3S/c1-15-7-9-18(10-8-15)28-25-29-24(30)22(33-25)13-16-11-20(27)23(21(12-16)31-2)32-14-17-5-3-4-6-19(17)26/h3-13H,14H2,1-2H3,(H,28,29,30)/b22-13-. The van der Waals surface area contributed by atoms with E-state index in [1.807, 2.05) is 37.3 Å². The molecule has 33 heavy (non-hydrogen) atoms. The van der Waals surface area contributed by atoms with Crippen molar-refractivity contribution in [3.8, 4) is 11.5 Å². The highest BCUT2D eigenvalue weighted by molar-refractivity contribution is 14.1. The lowest BCUT2D eigenvalue weighted by Gasteiger charge is -2.14. The van der Waals surface area contributed by atoms with Crippen LogP contribution in [0.3, 0.4) is 0 Å². The molecular formula is C25H20FIN2O3S. The number of carbonyl (C=O) groups is 1. The average molecular weight is 574 g/mol. The van der Waals surface area contributed by atoms with E-state index in [-0.39, 0.29) is 18.3 Å². The van der Waals surface area contributed by atoms with E-state index in [1.54, 1.807) is 37.5 Å². The number of ether oxygens (including phenoxy) is 2. The monoisotopic (exact) mass is 574 g/mol. The number of amides is 1. The number of hydrogen-bond donors (Lipinski definition) is 1. The number of nitrogens with zero attached hydrogens (tertiary/aromatic N) is 1. The van der Waals surface area contributed by atoms with Gasteiger partial charge < -0.3 is 14.8 Å². The molecule has 0 saturated carbocycles. The Bertz CT molecular complexity index is 1260. The Labute approximate surface area is 209 Å². The van der Waals surface area contributed by atoms with Crippen molar-refractivity contribution in [3.63, 3.8) is 0 Å². The largest absolute Gasteiger partial charge is 0.493 e. The normalized spacial score (nSPS) is 15.7. The molecule has 1 aliphatic rings. The quantitative estimate of drug-likeness (QED) is 0.281. The number of aryl methyl sites for hydroxylation is 1. The van der Waals surface area contributed by atoms with Gasteiger partial charge in [-0.2, -0.15) is 0 Å². The van der Waals surface area contributed by atoms with E-state index in [9.17, 15) is 9.18 Å². The molecule has 1 saturated heterocycles. The number of aliphatic imine (C=N–C) groups is 1. The van der Waals surface area contributed by atoms with Crippen LogP contribution >= 0.6 is 34.4 Å². The van der Waals surface area contributed by atoms with Crippen molar-refractivity contribution in [1.82, 2.24) is 5.32 Å². The lowest BCUT2D eigenvalue weighted by molar-refractivity contribution is -0.115. The lowest BCUT2D eigenvalue weighted by Crippen LogP contribution is -2.19. The van der Waals surface area contributed by atoms with Crippen molar-refractivity contribution < 1.29 is 18.7 Å². The summed E-state index contributed by atoms with van der Waals surface area (Å²) >= 11 is 3.42. The summed E-state index contributed by atoms with van der Waals surface area (Å²) in [6.45, 7) is 2.09. The number of methoxy groups -OCH3 is 1. The van der Waals surface area contributed by atoms with Crippen LogP contribution in [-0.2, 0) is 11.4 Å². The maximum Gasteiger partial charge on any atom is 0.264 e. The first-order valence-electron chi connectivity index (χ1n) is 10.0. The van der Waals surface area contributed by atoms with Gasteiger partial charge in [-0.15, -0.1) is 0 Å².